The molecule has 0 aromatic heterocycles. The number of phenolic OH excluding ortho intramolecular Hbond substituents is 1. The Hall–Kier alpha value is -1.22. The molecule has 24 heavy (non-hydrogen) atoms. The van der Waals surface area contributed by atoms with E-state index in [0.29, 0.717) is 11.7 Å². The van der Waals surface area contributed by atoms with E-state index in [0.717, 1.165) is 35.5 Å². The molecule has 0 radical (unpaired) electrons. The summed E-state index contributed by atoms with van der Waals surface area (Å²) in [5.41, 5.74) is 4.80. The zero-order chi connectivity index (χ0) is 16.6. The third kappa shape index (κ3) is 3.72. The van der Waals surface area contributed by atoms with Gasteiger partial charge in [0.25, 0.3) is 0 Å². The Bertz CT molecular complexity index is 715. The second-order valence-corrected chi connectivity index (χ2v) is 7.21. The van der Waals surface area contributed by atoms with E-state index in [1.807, 2.05) is 24.3 Å². The molecule has 1 heterocycles. The van der Waals surface area contributed by atoms with Gasteiger partial charge in [-0.05, 0) is 60.2 Å². The average Bonchev–Trinajstić information content (AvgIpc) is 2.51. The van der Waals surface area contributed by atoms with Gasteiger partial charge in [-0.2, -0.15) is 0 Å². The zero-order valence-corrected chi connectivity index (χ0v) is 16.0. The molecule has 0 aliphatic carbocycles. The van der Waals surface area contributed by atoms with Crippen LogP contribution in [0, 0.1) is 0 Å². The number of phenols is 1. The van der Waals surface area contributed by atoms with Gasteiger partial charge in [-0.15, -0.1) is 12.4 Å². The maximum Gasteiger partial charge on any atom is 0.119 e. The van der Waals surface area contributed by atoms with E-state index in [4.69, 9.17) is 11.6 Å². The van der Waals surface area contributed by atoms with E-state index in [2.05, 4.69) is 37.9 Å². The lowest BCUT2D eigenvalue weighted by Crippen LogP contribution is -2.33. The molecule has 2 nitrogen and oxygen atoms in total. The van der Waals surface area contributed by atoms with Crippen LogP contribution >= 0.6 is 24.0 Å². The molecule has 0 spiro atoms. The normalized spacial score (nSPS) is 17.5. The van der Waals surface area contributed by atoms with Gasteiger partial charge < -0.3 is 5.11 Å². The molecule has 1 unspecified atom stereocenters. The smallest absolute Gasteiger partial charge is 0.119 e. The first-order valence-electron chi connectivity index (χ1n) is 8.26. The fourth-order valence-corrected chi connectivity index (χ4v) is 3.70. The van der Waals surface area contributed by atoms with Crippen LogP contribution in [0.4, 0.5) is 0 Å². The van der Waals surface area contributed by atoms with E-state index in [-0.39, 0.29) is 18.4 Å². The first kappa shape index (κ1) is 19.1. The highest BCUT2D eigenvalue weighted by Gasteiger charge is 2.27. The molecule has 0 saturated carbocycles. The van der Waals surface area contributed by atoms with Crippen molar-refractivity contribution < 1.29 is 5.11 Å². The van der Waals surface area contributed by atoms with E-state index in [1.165, 1.54) is 11.1 Å². The van der Waals surface area contributed by atoms with Crippen LogP contribution in [-0.4, -0.2) is 23.6 Å². The fourth-order valence-electron chi connectivity index (χ4n) is 3.49. The van der Waals surface area contributed by atoms with Crippen LogP contribution in [0.15, 0.2) is 36.4 Å². The molecule has 1 atom stereocenters. The average molecular weight is 366 g/mol. The molecule has 0 bridgehead atoms. The lowest BCUT2D eigenvalue weighted by atomic mass is 9.86. The third-order valence-electron chi connectivity index (χ3n) is 4.91. The monoisotopic (exact) mass is 365 g/mol. The minimum absolute atomic E-state index is 0. The summed E-state index contributed by atoms with van der Waals surface area (Å²) in [5, 5.41) is 11.2. The predicted octanol–water partition coefficient (Wildman–Crippen LogP) is 5.36. The van der Waals surface area contributed by atoms with Crippen LogP contribution in [0.25, 0.3) is 0 Å². The highest BCUT2D eigenvalue weighted by molar-refractivity contribution is 6.31. The van der Waals surface area contributed by atoms with Crippen molar-refractivity contribution in [2.45, 2.75) is 38.6 Å². The van der Waals surface area contributed by atoms with Gasteiger partial charge in [0.15, 0.2) is 0 Å². The van der Waals surface area contributed by atoms with Crippen molar-refractivity contribution >= 4 is 24.0 Å². The summed E-state index contributed by atoms with van der Waals surface area (Å²) in [7, 11) is 2.15. The number of fused-ring (bicyclic) bond motifs is 1. The van der Waals surface area contributed by atoms with Gasteiger partial charge in [0.2, 0.25) is 0 Å². The van der Waals surface area contributed by atoms with E-state index in [9.17, 15) is 5.11 Å². The first-order chi connectivity index (χ1) is 11.0. The van der Waals surface area contributed by atoms with Crippen molar-refractivity contribution in [3.63, 3.8) is 0 Å². The summed E-state index contributed by atoms with van der Waals surface area (Å²) in [5.74, 6) is 0.750. The fraction of sp³-hybridized carbons (Fsp3) is 0.400. The molecule has 3 rings (SSSR count). The number of nitrogens with zero attached hydrogens (tertiary/aromatic N) is 1. The molecule has 0 fully saturated rings. The van der Waals surface area contributed by atoms with Crippen molar-refractivity contribution in [2.75, 3.05) is 13.6 Å². The maximum atomic E-state index is 10.4. The van der Waals surface area contributed by atoms with Crippen LogP contribution in [0.2, 0.25) is 5.02 Å². The number of aromatic hydroxyl groups is 1. The van der Waals surface area contributed by atoms with Crippen molar-refractivity contribution in [1.82, 2.24) is 4.90 Å². The van der Waals surface area contributed by atoms with Gasteiger partial charge in [-0.1, -0.05) is 49.7 Å². The van der Waals surface area contributed by atoms with E-state index in [1.54, 1.807) is 0 Å². The Kier molecular flexibility index (Phi) is 6.19. The Morgan fingerprint density at radius 3 is 2.62 bits per heavy atom. The lowest BCUT2D eigenvalue weighted by molar-refractivity contribution is 0.228. The van der Waals surface area contributed by atoms with E-state index >= 15 is 0 Å². The van der Waals surface area contributed by atoms with Crippen molar-refractivity contribution in [3.05, 3.63) is 63.7 Å². The Balaban J connectivity index is 0.00000208. The van der Waals surface area contributed by atoms with Gasteiger partial charge >= 0.3 is 0 Å². The summed E-state index contributed by atoms with van der Waals surface area (Å²) in [6.45, 7) is 5.28. The van der Waals surface area contributed by atoms with Crippen LogP contribution in [-0.2, 0) is 12.8 Å². The number of benzene rings is 2. The molecular weight excluding hydrogens is 341 g/mol. The van der Waals surface area contributed by atoms with Crippen LogP contribution < -0.4 is 0 Å². The maximum absolute atomic E-state index is 10.4. The van der Waals surface area contributed by atoms with Gasteiger partial charge in [-0.3, -0.25) is 4.90 Å². The molecule has 1 aliphatic heterocycles. The SMILES string of the molecule is CC(C)c1cc2c(cc1O)C(Cc1ccccc1Cl)N(C)CC2.Cl. The highest BCUT2D eigenvalue weighted by Crippen LogP contribution is 2.38. The molecule has 130 valence electrons. The van der Waals surface area contributed by atoms with Crippen LogP contribution in [0.5, 0.6) is 5.75 Å². The largest absolute Gasteiger partial charge is 0.508 e. The second kappa shape index (κ2) is 7.77. The third-order valence-corrected chi connectivity index (χ3v) is 5.28. The first-order valence-corrected chi connectivity index (χ1v) is 8.64. The molecule has 1 aliphatic rings. The Labute approximate surface area is 155 Å². The number of hydrogen-bond donors (Lipinski definition) is 1. The number of likely N-dealkylation sites (N-methyl/N-ethyl adjacent to an activating group) is 1. The quantitative estimate of drug-likeness (QED) is 0.790. The minimum Gasteiger partial charge on any atom is -0.508 e. The second-order valence-electron chi connectivity index (χ2n) is 6.81. The summed E-state index contributed by atoms with van der Waals surface area (Å²) >= 11 is 6.35. The minimum atomic E-state index is 0. The van der Waals surface area contributed by atoms with Crippen LogP contribution in [0.3, 0.4) is 0 Å². The zero-order valence-electron chi connectivity index (χ0n) is 14.4. The van der Waals surface area contributed by atoms with Gasteiger partial charge in [0.1, 0.15) is 5.75 Å². The number of hydrogen-bond acceptors (Lipinski definition) is 2. The molecule has 4 heteroatoms. The molecule has 1 N–H and O–H groups in total. The lowest BCUT2D eigenvalue weighted by Gasteiger charge is -2.35. The molecule has 0 saturated heterocycles. The number of halogens is 2. The van der Waals surface area contributed by atoms with Crippen molar-refractivity contribution in [2.24, 2.45) is 0 Å². The summed E-state index contributed by atoms with van der Waals surface area (Å²) in [4.78, 5) is 2.36. The number of rotatable bonds is 3. The predicted molar refractivity (Wildman–Crippen MR) is 104 cm³/mol. The molecule has 2 aromatic carbocycles. The van der Waals surface area contributed by atoms with Gasteiger partial charge in [0.05, 0.1) is 0 Å². The summed E-state index contributed by atoms with van der Waals surface area (Å²) < 4.78 is 0. The van der Waals surface area contributed by atoms with Gasteiger partial charge in [-0.25, -0.2) is 0 Å². The Morgan fingerprint density at radius 1 is 1.25 bits per heavy atom. The Morgan fingerprint density at radius 2 is 1.96 bits per heavy atom. The molecule has 2 aromatic rings. The van der Waals surface area contributed by atoms with E-state index < -0.39 is 0 Å². The summed E-state index contributed by atoms with van der Waals surface area (Å²) in [6.07, 6.45) is 1.90. The standard InChI is InChI=1S/C20H24ClNO.ClH/c1-13(2)16-10-14-8-9-22(3)19(17(14)12-20(16)23)11-15-6-4-5-7-18(15)21;/h4-7,10,12-13,19,23H,8-9,11H2,1-3H3;1H. The topological polar surface area (TPSA) is 23.5 Å². The van der Waals surface area contributed by atoms with Gasteiger partial charge in [0, 0.05) is 17.6 Å². The summed E-state index contributed by atoms with van der Waals surface area (Å²) in [6, 6.07) is 12.5. The highest BCUT2D eigenvalue weighted by atomic mass is 35.5. The van der Waals surface area contributed by atoms with Crippen LogP contribution in [0.1, 0.15) is 48.1 Å². The van der Waals surface area contributed by atoms with Crippen molar-refractivity contribution in [3.8, 4) is 5.75 Å². The van der Waals surface area contributed by atoms with Crippen molar-refractivity contribution in [1.29, 1.82) is 0 Å². The molecule has 0 amide bonds. The molecular formula is C20H25Cl2NO.